The molecule has 2 heterocycles. The Labute approximate surface area is 198 Å². The summed E-state index contributed by atoms with van der Waals surface area (Å²) >= 11 is 0. The predicted octanol–water partition coefficient (Wildman–Crippen LogP) is 3.88. The van der Waals surface area contributed by atoms with E-state index in [-0.39, 0.29) is 24.0 Å². The monoisotopic (exact) mass is 521 g/mol. The van der Waals surface area contributed by atoms with Crippen LogP contribution in [0.3, 0.4) is 0 Å². The molecule has 6 heteroatoms. The number of hydrogen-bond acceptors (Lipinski definition) is 3. The number of guanidine groups is 1. The number of nitrogens with one attached hydrogen (secondary N) is 1. The average Bonchev–Trinajstić information content (AvgIpc) is 2.76. The average molecular weight is 521 g/mol. The molecule has 1 saturated heterocycles. The fourth-order valence-electron chi connectivity index (χ4n) is 3.93. The maximum atomic E-state index is 5.95. The van der Waals surface area contributed by atoms with E-state index in [9.17, 15) is 0 Å². The van der Waals surface area contributed by atoms with Crippen LogP contribution < -0.4 is 11.1 Å². The molecule has 0 aliphatic carbocycles. The SMILES string of the molecule is I.NC(=NCCCCN1CCC(Cc2ccccc2)CC1)NCCc1ccccn1. The van der Waals surface area contributed by atoms with Crippen molar-refractivity contribution in [3.63, 3.8) is 0 Å². The lowest BCUT2D eigenvalue weighted by molar-refractivity contribution is 0.181. The highest BCUT2D eigenvalue weighted by atomic mass is 127. The van der Waals surface area contributed by atoms with Crippen molar-refractivity contribution in [3.05, 3.63) is 66.0 Å². The van der Waals surface area contributed by atoms with Gasteiger partial charge in [-0.05, 0) is 75.4 Å². The zero-order valence-electron chi connectivity index (χ0n) is 17.9. The van der Waals surface area contributed by atoms with Crippen LogP contribution in [-0.2, 0) is 12.8 Å². The summed E-state index contributed by atoms with van der Waals surface area (Å²) in [5.41, 5.74) is 8.50. The Morgan fingerprint density at radius 1 is 1.07 bits per heavy atom. The van der Waals surface area contributed by atoms with E-state index in [4.69, 9.17) is 5.73 Å². The summed E-state index contributed by atoms with van der Waals surface area (Å²) < 4.78 is 0. The molecule has 164 valence electrons. The van der Waals surface area contributed by atoms with E-state index in [2.05, 4.69) is 50.5 Å². The molecule has 0 amide bonds. The first kappa shape index (κ1) is 24.6. The number of hydrogen-bond donors (Lipinski definition) is 2. The molecule has 0 radical (unpaired) electrons. The third kappa shape index (κ3) is 9.43. The number of unbranched alkanes of at least 4 members (excludes halogenated alkanes) is 1. The molecule has 30 heavy (non-hydrogen) atoms. The van der Waals surface area contributed by atoms with Crippen LogP contribution in [0.5, 0.6) is 0 Å². The van der Waals surface area contributed by atoms with Gasteiger partial charge in [-0.25, -0.2) is 0 Å². The molecule has 1 aromatic heterocycles. The van der Waals surface area contributed by atoms with Gasteiger partial charge in [-0.3, -0.25) is 9.98 Å². The molecule has 2 aromatic rings. The molecule has 3 N–H and O–H groups in total. The molecule has 0 spiro atoms. The van der Waals surface area contributed by atoms with E-state index in [1.165, 1.54) is 50.9 Å². The summed E-state index contributed by atoms with van der Waals surface area (Å²) in [6, 6.07) is 16.9. The van der Waals surface area contributed by atoms with E-state index in [1.807, 2.05) is 24.4 Å². The Morgan fingerprint density at radius 2 is 1.83 bits per heavy atom. The second-order valence-corrected chi connectivity index (χ2v) is 7.95. The molecule has 0 saturated carbocycles. The Morgan fingerprint density at radius 3 is 2.57 bits per heavy atom. The summed E-state index contributed by atoms with van der Waals surface area (Å²) in [5.74, 6) is 1.39. The topological polar surface area (TPSA) is 66.5 Å². The van der Waals surface area contributed by atoms with E-state index >= 15 is 0 Å². The van der Waals surface area contributed by atoms with Gasteiger partial charge < -0.3 is 16.0 Å². The van der Waals surface area contributed by atoms with Gasteiger partial charge in [0.15, 0.2) is 5.96 Å². The molecule has 1 aromatic carbocycles. The van der Waals surface area contributed by atoms with Crippen LogP contribution in [0, 0.1) is 5.92 Å². The highest BCUT2D eigenvalue weighted by Crippen LogP contribution is 2.21. The van der Waals surface area contributed by atoms with E-state index in [1.54, 1.807) is 0 Å². The van der Waals surface area contributed by atoms with Crippen molar-refractivity contribution in [3.8, 4) is 0 Å². The van der Waals surface area contributed by atoms with Gasteiger partial charge >= 0.3 is 0 Å². The minimum absolute atomic E-state index is 0. The maximum absolute atomic E-state index is 5.95. The minimum atomic E-state index is 0. The fourth-order valence-corrected chi connectivity index (χ4v) is 3.93. The molecular formula is C24H36IN5. The smallest absolute Gasteiger partial charge is 0.188 e. The lowest BCUT2D eigenvalue weighted by Crippen LogP contribution is -2.35. The fraction of sp³-hybridized carbons (Fsp3) is 0.500. The number of likely N-dealkylation sites (tertiary alicyclic amines) is 1. The summed E-state index contributed by atoms with van der Waals surface area (Å²) in [5, 5.41) is 3.17. The highest BCUT2D eigenvalue weighted by molar-refractivity contribution is 14.0. The lowest BCUT2D eigenvalue weighted by Gasteiger charge is -2.32. The quantitative estimate of drug-likeness (QED) is 0.216. The molecule has 5 nitrogen and oxygen atoms in total. The largest absolute Gasteiger partial charge is 0.370 e. The van der Waals surface area contributed by atoms with Gasteiger partial charge in [-0.1, -0.05) is 36.4 Å². The van der Waals surface area contributed by atoms with Crippen molar-refractivity contribution >= 4 is 29.9 Å². The number of benzene rings is 1. The van der Waals surface area contributed by atoms with E-state index in [0.29, 0.717) is 5.96 Å². The van der Waals surface area contributed by atoms with Crippen LogP contribution in [0.15, 0.2) is 59.7 Å². The normalized spacial score (nSPS) is 15.5. The minimum Gasteiger partial charge on any atom is -0.370 e. The number of nitrogens with two attached hydrogens (primary N) is 1. The zero-order chi connectivity index (χ0) is 20.2. The predicted molar refractivity (Wildman–Crippen MR) is 136 cm³/mol. The van der Waals surface area contributed by atoms with Crippen LogP contribution >= 0.6 is 24.0 Å². The Balaban J connectivity index is 0.00000320. The van der Waals surface area contributed by atoms with Gasteiger partial charge in [0, 0.05) is 31.4 Å². The van der Waals surface area contributed by atoms with Gasteiger partial charge in [0.25, 0.3) is 0 Å². The van der Waals surface area contributed by atoms with Crippen molar-refractivity contribution in [2.75, 3.05) is 32.7 Å². The standard InChI is InChI=1S/C24H35N5.HI/c25-24(28-16-11-23-10-4-5-14-26-23)27-15-6-7-17-29-18-12-22(13-19-29)20-21-8-2-1-3-9-21;/h1-5,8-10,14,22H,6-7,11-13,15-20H2,(H3,25,27,28);1H. The van der Waals surface area contributed by atoms with Crippen LogP contribution in [0.25, 0.3) is 0 Å². The molecule has 1 aliphatic rings. The number of nitrogens with zero attached hydrogens (tertiary/aromatic N) is 3. The van der Waals surface area contributed by atoms with Crippen LogP contribution in [-0.4, -0.2) is 48.6 Å². The molecule has 3 rings (SSSR count). The number of piperidine rings is 1. The van der Waals surface area contributed by atoms with Crippen molar-refractivity contribution in [2.24, 2.45) is 16.6 Å². The third-order valence-corrected chi connectivity index (χ3v) is 5.65. The first-order valence-corrected chi connectivity index (χ1v) is 11.0. The van der Waals surface area contributed by atoms with Crippen LogP contribution in [0.2, 0.25) is 0 Å². The summed E-state index contributed by atoms with van der Waals surface area (Å²) in [4.78, 5) is 11.4. The highest BCUT2D eigenvalue weighted by Gasteiger charge is 2.18. The molecule has 0 unspecified atom stereocenters. The van der Waals surface area contributed by atoms with Gasteiger partial charge in [-0.15, -0.1) is 24.0 Å². The Bertz CT molecular complexity index is 715. The summed E-state index contributed by atoms with van der Waals surface area (Å²) in [6.07, 6.45) is 8.83. The number of aliphatic imine (C=N–C) groups is 1. The number of pyridine rings is 1. The van der Waals surface area contributed by atoms with Gasteiger partial charge in [0.2, 0.25) is 0 Å². The number of aromatic nitrogens is 1. The summed E-state index contributed by atoms with van der Waals surface area (Å²) in [7, 11) is 0. The van der Waals surface area contributed by atoms with Crippen LogP contribution in [0.4, 0.5) is 0 Å². The Hall–Kier alpha value is -1.67. The molecule has 1 fully saturated rings. The first-order valence-electron chi connectivity index (χ1n) is 11.0. The molecule has 0 bridgehead atoms. The lowest BCUT2D eigenvalue weighted by atomic mass is 9.90. The van der Waals surface area contributed by atoms with Crippen molar-refractivity contribution < 1.29 is 0 Å². The van der Waals surface area contributed by atoms with Crippen molar-refractivity contribution in [1.29, 1.82) is 0 Å². The molecule has 0 atom stereocenters. The molecular weight excluding hydrogens is 485 g/mol. The first-order chi connectivity index (χ1) is 14.3. The molecule has 1 aliphatic heterocycles. The number of halogens is 1. The van der Waals surface area contributed by atoms with Crippen molar-refractivity contribution in [2.45, 2.75) is 38.5 Å². The zero-order valence-corrected chi connectivity index (χ0v) is 20.2. The van der Waals surface area contributed by atoms with Gasteiger partial charge in [0.05, 0.1) is 0 Å². The van der Waals surface area contributed by atoms with Crippen LogP contribution in [0.1, 0.15) is 36.9 Å². The second-order valence-electron chi connectivity index (χ2n) is 7.95. The van der Waals surface area contributed by atoms with E-state index < -0.39 is 0 Å². The number of rotatable bonds is 10. The maximum Gasteiger partial charge on any atom is 0.188 e. The second kappa shape index (κ2) is 14.4. The Kier molecular flexibility index (Phi) is 11.8. The third-order valence-electron chi connectivity index (χ3n) is 5.65. The van der Waals surface area contributed by atoms with E-state index in [0.717, 1.165) is 37.5 Å². The van der Waals surface area contributed by atoms with Gasteiger partial charge in [-0.2, -0.15) is 0 Å². The van der Waals surface area contributed by atoms with Gasteiger partial charge in [0.1, 0.15) is 0 Å². The summed E-state index contributed by atoms with van der Waals surface area (Å²) in [6.45, 7) is 5.22. The van der Waals surface area contributed by atoms with Crippen molar-refractivity contribution in [1.82, 2.24) is 15.2 Å².